The van der Waals surface area contributed by atoms with Crippen molar-refractivity contribution in [1.82, 2.24) is 4.31 Å². The standard InChI is InChI=1S/C13H12FNO4S2/c1-15(8-10-3-2-6-20-10)21(18,19)12-7-9(13(16)17)4-5-11(12)14/h2-7H,8H2,1H3,(H,16,17). The molecule has 0 radical (unpaired) electrons. The number of benzene rings is 1. The second-order valence-electron chi connectivity index (χ2n) is 4.29. The van der Waals surface area contributed by atoms with E-state index in [0.29, 0.717) is 0 Å². The van der Waals surface area contributed by atoms with Crippen LogP contribution in [0.3, 0.4) is 0 Å². The van der Waals surface area contributed by atoms with Crippen LogP contribution in [0.2, 0.25) is 0 Å². The molecule has 0 saturated carbocycles. The highest BCUT2D eigenvalue weighted by Crippen LogP contribution is 2.22. The SMILES string of the molecule is CN(Cc1cccs1)S(=O)(=O)c1cc(C(=O)O)ccc1F. The Labute approximate surface area is 125 Å². The van der Waals surface area contributed by atoms with Gasteiger partial charge in [-0.3, -0.25) is 0 Å². The van der Waals surface area contributed by atoms with Gasteiger partial charge in [-0.15, -0.1) is 11.3 Å². The minimum absolute atomic E-state index is 0.0940. The summed E-state index contributed by atoms with van der Waals surface area (Å²) in [4.78, 5) is 11.1. The maximum atomic E-state index is 13.8. The maximum Gasteiger partial charge on any atom is 0.335 e. The summed E-state index contributed by atoms with van der Waals surface area (Å²) in [6.45, 7) is 0.0940. The Kier molecular flexibility index (Phi) is 4.40. The fraction of sp³-hybridized carbons (Fsp3) is 0.154. The monoisotopic (exact) mass is 329 g/mol. The van der Waals surface area contributed by atoms with Crippen LogP contribution >= 0.6 is 11.3 Å². The van der Waals surface area contributed by atoms with Crippen LogP contribution in [0.15, 0.2) is 40.6 Å². The van der Waals surface area contributed by atoms with Crippen LogP contribution in [-0.2, 0) is 16.6 Å². The van der Waals surface area contributed by atoms with Gasteiger partial charge in [0.25, 0.3) is 0 Å². The third-order valence-electron chi connectivity index (χ3n) is 2.82. The molecule has 1 heterocycles. The second-order valence-corrected chi connectivity index (χ2v) is 7.34. The summed E-state index contributed by atoms with van der Waals surface area (Å²) in [5.41, 5.74) is -0.278. The van der Waals surface area contributed by atoms with Gasteiger partial charge in [0.15, 0.2) is 0 Å². The second kappa shape index (κ2) is 5.92. The van der Waals surface area contributed by atoms with Gasteiger partial charge in [0, 0.05) is 18.5 Å². The first kappa shape index (κ1) is 15.6. The Hall–Kier alpha value is -1.77. The Balaban J connectivity index is 2.38. The number of thiophene rings is 1. The van der Waals surface area contributed by atoms with Crippen molar-refractivity contribution < 1.29 is 22.7 Å². The molecule has 0 bridgehead atoms. The summed E-state index contributed by atoms with van der Waals surface area (Å²) in [7, 11) is -2.78. The molecule has 0 aliphatic heterocycles. The fourth-order valence-electron chi connectivity index (χ4n) is 1.71. The number of halogens is 1. The minimum atomic E-state index is -4.10. The van der Waals surface area contributed by atoms with Crippen molar-refractivity contribution in [2.45, 2.75) is 11.4 Å². The number of aromatic carboxylic acids is 1. The minimum Gasteiger partial charge on any atom is -0.478 e. The Bertz CT molecular complexity index is 756. The molecule has 0 atom stereocenters. The van der Waals surface area contributed by atoms with Gasteiger partial charge in [-0.2, -0.15) is 4.31 Å². The topological polar surface area (TPSA) is 74.7 Å². The molecule has 0 aliphatic carbocycles. The number of carboxylic acid groups (broad SMARTS) is 1. The van der Waals surface area contributed by atoms with Crippen molar-refractivity contribution in [1.29, 1.82) is 0 Å². The normalized spacial score (nSPS) is 11.8. The third-order valence-corrected chi connectivity index (χ3v) is 5.50. The van der Waals surface area contributed by atoms with Gasteiger partial charge in [-0.05, 0) is 29.6 Å². The molecule has 1 N–H and O–H groups in total. The van der Waals surface area contributed by atoms with Crippen LogP contribution in [0, 0.1) is 5.82 Å². The third kappa shape index (κ3) is 3.29. The van der Waals surface area contributed by atoms with Gasteiger partial charge in [0.1, 0.15) is 10.7 Å². The van der Waals surface area contributed by atoms with Crippen molar-refractivity contribution in [2.75, 3.05) is 7.05 Å². The van der Waals surface area contributed by atoms with Gasteiger partial charge < -0.3 is 5.11 Å². The van der Waals surface area contributed by atoms with Crippen LogP contribution in [0.25, 0.3) is 0 Å². The lowest BCUT2D eigenvalue weighted by atomic mass is 10.2. The molecule has 1 aromatic carbocycles. The molecule has 5 nitrogen and oxygen atoms in total. The zero-order valence-corrected chi connectivity index (χ0v) is 12.6. The predicted molar refractivity (Wildman–Crippen MR) is 76.3 cm³/mol. The molecule has 8 heteroatoms. The highest BCUT2D eigenvalue weighted by Gasteiger charge is 2.26. The Morgan fingerprint density at radius 3 is 2.67 bits per heavy atom. The van der Waals surface area contributed by atoms with Crippen molar-refractivity contribution in [3.05, 3.63) is 52.0 Å². The smallest absolute Gasteiger partial charge is 0.335 e. The Morgan fingerprint density at radius 1 is 1.38 bits per heavy atom. The molecule has 0 amide bonds. The van der Waals surface area contributed by atoms with Gasteiger partial charge in [-0.25, -0.2) is 17.6 Å². The van der Waals surface area contributed by atoms with E-state index in [9.17, 15) is 17.6 Å². The van der Waals surface area contributed by atoms with Crippen molar-refractivity contribution in [3.8, 4) is 0 Å². The van der Waals surface area contributed by atoms with Crippen molar-refractivity contribution in [2.24, 2.45) is 0 Å². The lowest BCUT2D eigenvalue weighted by Gasteiger charge is -2.17. The quantitative estimate of drug-likeness (QED) is 0.914. The average Bonchev–Trinajstić information content (AvgIpc) is 2.91. The largest absolute Gasteiger partial charge is 0.478 e. The summed E-state index contributed by atoms with van der Waals surface area (Å²) < 4.78 is 39.5. The van der Waals surface area contributed by atoms with Crippen LogP contribution in [0.5, 0.6) is 0 Å². The van der Waals surface area contributed by atoms with E-state index in [-0.39, 0.29) is 12.1 Å². The summed E-state index contributed by atoms with van der Waals surface area (Å²) in [6, 6.07) is 6.25. The van der Waals surface area contributed by atoms with E-state index < -0.39 is 26.7 Å². The molecule has 0 spiro atoms. The Morgan fingerprint density at radius 2 is 2.10 bits per heavy atom. The van der Waals surface area contributed by atoms with E-state index in [4.69, 9.17) is 5.11 Å². The van der Waals surface area contributed by atoms with E-state index in [0.717, 1.165) is 27.4 Å². The van der Waals surface area contributed by atoms with Crippen LogP contribution in [0.1, 0.15) is 15.2 Å². The molecular weight excluding hydrogens is 317 g/mol. The maximum absolute atomic E-state index is 13.8. The van der Waals surface area contributed by atoms with Crippen molar-refractivity contribution >= 4 is 27.3 Å². The molecule has 112 valence electrons. The molecular formula is C13H12FNO4S2. The first-order chi connectivity index (χ1) is 9.82. The number of nitrogens with zero attached hydrogens (tertiary/aromatic N) is 1. The highest BCUT2D eigenvalue weighted by atomic mass is 32.2. The summed E-state index contributed by atoms with van der Waals surface area (Å²) in [6.07, 6.45) is 0. The molecule has 0 saturated heterocycles. The fourth-order valence-corrected chi connectivity index (χ4v) is 3.78. The number of rotatable bonds is 5. The van der Waals surface area contributed by atoms with Gasteiger partial charge >= 0.3 is 5.97 Å². The summed E-state index contributed by atoms with van der Waals surface area (Å²) in [5, 5.41) is 10.7. The lowest BCUT2D eigenvalue weighted by molar-refractivity contribution is 0.0696. The van der Waals surface area contributed by atoms with Crippen molar-refractivity contribution in [3.63, 3.8) is 0 Å². The van der Waals surface area contributed by atoms with Crippen LogP contribution < -0.4 is 0 Å². The first-order valence-electron chi connectivity index (χ1n) is 5.84. The van der Waals surface area contributed by atoms with Gasteiger partial charge in [0.2, 0.25) is 10.0 Å². The predicted octanol–water partition coefficient (Wildman–Crippen LogP) is 2.41. The molecule has 0 unspecified atom stereocenters. The number of carboxylic acids is 1. The lowest BCUT2D eigenvalue weighted by Crippen LogP contribution is -2.27. The zero-order chi connectivity index (χ0) is 15.6. The molecule has 0 aliphatic rings. The summed E-state index contributed by atoms with van der Waals surface area (Å²) in [5.74, 6) is -2.29. The molecule has 21 heavy (non-hydrogen) atoms. The number of sulfonamides is 1. The van der Waals surface area contributed by atoms with E-state index in [2.05, 4.69) is 0 Å². The number of hydrogen-bond acceptors (Lipinski definition) is 4. The average molecular weight is 329 g/mol. The van der Waals surface area contributed by atoms with Gasteiger partial charge in [-0.1, -0.05) is 6.07 Å². The molecule has 2 aromatic rings. The first-order valence-corrected chi connectivity index (χ1v) is 8.16. The van der Waals surface area contributed by atoms with Gasteiger partial charge in [0.05, 0.1) is 5.56 Å². The van der Waals surface area contributed by atoms with E-state index in [1.54, 1.807) is 17.5 Å². The van der Waals surface area contributed by atoms with E-state index in [1.165, 1.54) is 18.4 Å². The van der Waals surface area contributed by atoms with Crippen LogP contribution in [0.4, 0.5) is 4.39 Å². The molecule has 2 rings (SSSR count). The van der Waals surface area contributed by atoms with Crippen LogP contribution in [-0.4, -0.2) is 30.8 Å². The van der Waals surface area contributed by atoms with E-state index in [1.807, 2.05) is 0 Å². The number of carbonyl (C=O) groups is 1. The molecule has 1 aromatic heterocycles. The highest BCUT2D eigenvalue weighted by molar-refractivity contribution is 7.89. The zero-order valence-electron chi connectivity index (χ0n) is 11.0. The number of hydrogen-bond donors (Lipinski definition) is 1. The molecule has 0 fully saturated rings. The van der Waals surface area contributed by atoms with E-state index >= 15 is 0 Å². The summed E-state index contributed by atoms with van der Waals surface area (Å²) >= 11 is 1.38.